The first-order chi connectivity index (χ1) is 11.7. The molecule has 1 aromatic heterocycles. The number of nitrogens with one attached hydrogen (secondary N) is 2. The number of hydrogen-bond donors (Lipinski definition) is 2. The molecule has 2 fully saturated rings. The summed E-state index contributed by atoms with van der Waals surface area (Å²) in [4.78, 5) is 11.8. The van der Waals surface area contributed by atoms with Crippen molar-refractivity contribution in [1.29, 1.82) is 0 Å². The van der Waals surface area contributed by atoms with Crippen molar-refractivity contribution in [2.75, 3.05) is 39.3 Å². The average Bonchev–Trinajstić information content (AvgIpc) is 3.20. The molecule has 0 radical (unpaired) electrons. The first-order valence-corrected chi connectivity index (χ1v) is 9.91. The Labute approximate surface area is 171 Å². The summed E-state index contributed by atoms with van der Waals surface area (Å²) < 4.78 is 5.98. The van der Waals surface area contributed by atoms with Gasteiger partial charge in [-0.15, -0.1) is 35.3 Å². The van der Waals surface area contributed by atoms with E-state index in [1.165, 1.54) is 19.4 Å². The van der Waals surface area contributed by atoms with Crippen molar-refractivity contribution in [3.05, 3.63) is 16.1 Å². The minimum Gasteiger partial charge on any atom is -0.373 e. The molecule has 142 valence electrons. The molecule has 25 heavy (non-hydrogen) atoms. The number of ether oxygens (including phenoxy) is 1. The van der Waals surface area contributed by atoms with Gasteiger partial charge in [0.25, 0.3) is 0 Å². The van der Waals surface area contributed by atoms with Crippen LogP contribution in [0.15, 0.2) is 10.4 Å². The van der Waals surface area contributed by atoms with Gasteiger partial charge in [-0.25, -0.2) is 4.98 Å². The molecule has 0 aromatic carbocycles. The third-order valence-electron chi connectivity index (χ3n) is 4.60. The first kappa shape index (κ1) is 20.9. The molecular formula is C17H30IN5OS. The lowest BCUT2D eigenvalue weighted by molar-refractivity contribution is -0.0432. The summed E-state index contributed by atoms with van der Waals surface area (Å²) in [5, 5.41) is 9.96. The molecule has 0 aliphatic carbocycles. The number of halogens is 1. The van der Waals surface area contributed by atoms with Crippen molar-refractivity contribution in [3.63, 3.8) is 0 Å². The number of aliphatic imine (C=N–C) groups is 1. The van der Waals surface area contributed by atoms with Crippen LogP contribution in [-0.4, -0.2) is 67.3 Å². The second kappa shape index (κ2) is 10.6. The highest BCUT2D eigenvalue weighted by Crippen LogP contribution is 2.22. The predicted octanol–water partition coefficient (Wildman–Crippen LogP) is 2.03. The predicted molar refractivity (Wildman–Crippen MR) is 114 cm³/mol. The van der Waals surface area contributed by atoms with E-state index in [9.17, 15) is 0 Å². The Morgan fingerprint density at radius 1 is 1.48 bits per heavy atom. The third-order valence-corrected chi connectivity index (χ3v) is 5.42. The smallest absolute Gasteiger partial charge is 0.191 e. The van der Waals surface area contributed by atoms with Gasteiger partial charge < -0.3 is 15.4 Å². The molecule has 2 aliphatic rings. The van der Waals surface area contributed by atoms with Crippen molar-refractivity contribution in [1.82, 2.24) is 20.5 Å². The van der Waals surface area contributed by atoms with Crippen LogP contribution in [0, 0.1) is 6.92 Å². The lowest BCUT2D eigenvalue weighted by Crippen LogP contribution is -2.47. The largest absolute Gasteiger partial charge is 0.373 e. The van der Waals surface area contributed by atoms with E-state index in [1.807, 2.05) is 6.92 Å². The molecule has 0 amide bonds. The topological polar surface area (TPSA) is 61.8 Å². The van der Waals surface area contributed by atoms with Gasteiger partial charge in [0.15, 0.2) is 5.96 Å². The van der Waals surface area contributed by atoms with Crippen molar-refractivity contribution >= 4 is 41.3 Å². The van der Waals surface area contributed by atoms with Gasteiger partial charge in [0.2, 0.25) is 0 Å². The second-order valence-corrected chi connectivity index (χ2v) is 7.56. The summed E-state index contributed by atoms with van der Waals surface area (Å²) in [5.74, 6) is 0.872. The van der Waals surface area contributed by atoms with Gasteiger partial charge in [-0.1, -0.05) is 0 Å². The summed E-state index contributed by atoms with van der Waals surface area (Å²) in [7, 11) is 0. The van der Waals surface area contributed by atoms with Crippen LogP contribution in [-0.2, 0) is 11.2 Å². The van der Waals surface area contributed by atoms with E-state index < -0.39 is 0 Å². The Morgan fingerprint density at radius 3 is 3.12 bits per heavy atom. The molecule has 8 heteroatoms. The quantitative estimate of drug-likeness (QED) is 0.372. The normalized spacial score (nSPS) is 23.8. The Hall–Kier alpha value is -0.450. The Bertz CT molecular complexity index is 553. The minimum atomic E-state index is 0. The van der Waals surface area contributed by atoms with Crippen LogP contribution in [0.2, 0.25) is 0 Å². The Balaban J connectivity index is 0.00000225. The van der Waals surface area contributed by atoms with E-state index in [1.54, 1.807) is 11.3 Å². The fraction of sp³-hybridized carbons (Fsp3) is 0.765. The Morgan fingerprint density at radius 2 is 2.36 bits per heavy atom. The van der Waals surface area contributed by atoms with Crippen LogP contribution in [0.3, 0.4) is 0 Å². The van der Waals surface area contributed by atoms with Crippen LogP contribution >= 0.6 is 35.3 Å². The molecule has 2 aliphatic heterocycles. The van der Waals surface area contributed by atoms with Crippen molar-refractivity contribution < 1.29 is 4.74 Å². The summed E-state index contributed by atoms with van der Waals surface area (Å²) in [6, 6.07) is 0.651. The molecule has 6 nitrogen and oxygen atoms in total. The van der Waals surface area contributed by atoms with Gasteiger partial charge in [0.05, 0.1) is 30.0 Å². The number of aryl methyl sites for hydroxylation is 1. The van der Waals surface area contributed by atoms with Gasteiger partial charge in [-0.05, 0) is 33.2 Å². The summed E-state index contributed by atoms with van der Waals surface area (Å²) in [6.07, 6.45) is 3.74. The molecule has 2 atom stereocenters. The zero-order chi connectivity index (χ0) is 16.8. The van der Waals surface area contributed by atoms with Crippen molar-refractivity contribution in [2.24, 2.45) is 4.99 Å². The van der Waals surface area contributed by atoms with Crippen LogP contribution in [0.5, 0.6) is 0 Å². The van der Waals surface area contributed by atoms with E-state index in [2.05, 4.69) is 32.8 Å². The van der Waals surface area contributed by atoms with Gasteiger partial charge in [0.1, 0.15) is 0 Å². The van der Waals surface area contributed by atoms with Crippen LogP contribution < -0.4 is 10.6 Å². The number of hydrogen-bond acceptors (Lipinski definition) is 5. The van der Waals surface area contributed by atoms with Crippen LogP contribution in [0.1, 0.15) is 30.5 Å². The average molecular weight is 479 g/mol. The minimum absolute atomic E-state index is 0. The number of aromatic nitrogens is 1. The summed E-state index contributed by atoms with van der Waals surface area (Å²) in [5.41, 5.74) is 1.15. The molecular weight excluding hydrogens is 449 g/mol. The third kappa shape index (κ3) is 6.33. The zero-order valence-corrected chi connectivity index (χ0v) is 18.3. The molecule has 3 rings (SSSR count). The van der Waals surface area contributed by atoms with Crippen LogP contribution in [0.25, 0.3) is 0 Å². The highest BCUT2D eigenvalue weighted by Gasteiger charge is 2.31. The fourth-order valence-corrected chi connectivity index (χ4v) is 4.01. The summed E-state index contributed by atoms with van der Waals surface area (Å²) >= 11 is 1.70. The number of guanidine groups is 1. The monoisotopic (exact) mass is 479 g/mol. The number of rotatable bonds is 6. The standard InChI is InChI=1S/C17H29N5OS.HI/c1-3-18-17(19-7-6-14-12-24-13(2)21-14)20-9-16-10-22-8-4-5-15(22)11-23-16;/h12,15-16H,3-11H2,1-2H3,(H2,18,19,20);1H. The van der Waals surface area contributed by atoms with E-state index >= 15 is 0 Å². The lowest BCUT2D eigenvalue weighted by Gasteiger charge is -2.34. The van der Waals surface area contributed by atoms with E-state index in [0.717, 1.165) is 49.3 Å². The highest BCUT2D eigenvalue weighted by molar-refractivity contribution is 14.0. The molecule has 2 unspecified atom stereocenters. The van der Waals surface area contributed by atoms with Crippen molar-refractivity contribution in [3.8, 4) is 0 Å². The number of nitrogens with zero attached hydrogens (tertiary/aromatic N) is 3. The lowest BCUT2D eigenvalue weighted by atomic mass is 10.2. The second-order valence-electron chi connectivity index (χ2n) is 6.50. The number of thiazole rings is 1. The van der Waals surface area contributed by atoms with Gasteiger partial charge >= 0.3 is 0 Å². The zero-order valence-electron chi connectivity index (χ0n) is 15.2. The molecule has 2 N–H and O–H groups in total. The molecule has 2 saturated heterocycles. The summed E-state index contributed by atoms with van der Waals surface area (Å²) in [6.45, 7) is 9.66. The van der Waals surface area contributed by atoms with Gasteiger partial charge in [-0.2, -0.15) is 0 Å². The molecule has 0 spiro atoms. The van der Waals surface area contributed by atoms with Gasteiger partial charge in [0, 0.05) is 37.5 Å². The van der Waals surface area contributed by atoms with E-state index in [-0.39, 0.29) is 30.1 Å². The molecule has 0 bridgehead atoms. The van der Waals surface area contributed by atoms with Crippen LogP contribution in [0.4, 0.5) is 0 Å². The van der Waals surface area contributed by atoms with Gasteiger partial charge in [-0.3, -0.25) is 9.89 Å². The fourth-order valence-electron chi connectivity index (χ4n) is 3.36. The van der Waals surface area contributed by atoms with E-state index in [0.29, 0.717) is 12.6 Å². The first-order valence-electron chi connectivity index (χ1n) is 9.03. The maximum Gasteiger partial charge on any atom is 0.191 e. The van der Waals surface area contributed by atoms with E-state index in [4.69, 9.17) is 9.73 Å². The molecule has 0 saturated carbocycles. The number of fused-ring (bicyclic) bond motifs is 1. The van der Waals surface area contributed by atoms with Crippen molar-refractivity contribution in [2.45, 2.75) is 45.3 Å². The Kier molecular flexibility index (Phi) is 8.88. The maximum absolute atomic E-state index is 5.98. The maximum atomic E-state index is 5.98. The highest BCUT2D eigenvalue weighted by atomic mass is 127. The molecule has 1 aromatic rings. The number of morpholine rings is 1. The molecule has 3 heterocycles. The SMILES string of the molecule is CCNC(=NCC1CN2CCCC2CO1)NCCc1csc(C)n1.I.